The first-order chi connectivity index (χ1) is 17.5. The van der Waals surface area contributed by atoms with Crippen LogP contribution in [-0.4, -0.2) is 0 Å². The van der Waals surface area contributed by atoms with Crippen LogP contribution in [-0.2, 0) is 10.8 Å². The molecule has 1 heteroatoms. The average molecular weight is 486 g/mol. The van der Waals surface area contributed by atoms with E-state index in [2.05, 4.69) is 134 Å². The monoisotopic (exact) mass is 485 g/mol. The van der Waals surface area contributed by atoms with Gasteiger partial charge in [-0.25, -0.2) is 0 Å². The van der Waals surface area contributed by atoms with Crippen molar-refractivity contribution in [2.45, 2.75) is 78.1 Å². The third kappa shape index (κ3) is 3.58. The summed E-state index contributed by atoms with van der Waals surface area (Å²) < 4.78 is 0. The van der Waals surface area contributed by atoms with Gasteiger partial charge in [-0.3, -0.25) is 0 Å². The Hall–Kier alpha value is -3.32. The highest BCUT2D eigenvalue weighted by molar-refractivity contribution is 5.85. The summed E-state index contributed by atoms with van der Waals surface area (Å²) in [6, 6.07) is 27.9. The molecule has 4 aromatic carbocycles. The van der Waals surface area contributed by atoms with E-state index < -0.39 is 0 Å². The van der Waals surface area contributed by atoms with E-state index in [1.54, 1.807) is 0 Å². The van der Waals surface area contributed by atoms with Crippen molar-refractivity contribution in [2.75, 3.05) is 5.32 Å². The zero-order chi connectivity index (χ0) is 26.3. The van der Waals surface area contributed by atoms with Crippen molar-refractivity contribution in [3.8, 4) is 22.3 Å². The fourth-order valence-corrected chi connectivity index (χ4v) is 6.55. The standard InChI is InChI=1S/C36H39N/c1-21(2)23-9-13-27-29-15-11-25(19-33(29)35(5,6)31(27)17-23)37-26-12-16-30-28-14-10-24(22(3)4)18-32(28)36(7,8)34(30)20-26/h9-22,37H,1-8H3. The lowest BCUT2D eigenvalue weighted by Crippen LogP contribution is -2.16. The summed E-state index contributed by atoms with van der Waals surface area (Å²) in [4.78, 5) is 0. The minimum Gasteiger partial charge on any atom is -0.356 e. The highest BCUT2D eigenvalue weighted by Gasteiger charge is 2.37. The molecule has 2 aliphatic rings. The fourth-order valence-electron chi connectivity index (χ4n) is 6.55. The molecule has 2 aliphatic carbocycles. The third-order valence-corrected chi connectivity index (χ3v) is 9.02. The van der Waals surface area contributed by atoms with E-state index in [1.807, 2.05) is 0 Å². The van der Waals surface area contributed by atoms with Gasteiger partial charge >= 0.3 is 0 Å². The van der Waals surface area contributed by atoms with Gasteiger partial charge in [-0.2, -0.15) is 0 Å². The molecule has 4 aromatic rings. The first-order valence-corrected chi connectivity index (χ1v) is 13.8. The molecule has 0 bridgehead atoms. The molecule has 0 atom stereocenters. The van der Waals surface area contributed by atoms with Crippen LogP contribution in [0.25, 0.3) is 22.3 Å². The lowest BCUT2D eigenvalue weighted by atomic mass is 9.81. The van der Waals surface area contributed by atoms with Gasteiger partial charge in [0.1, 0.15) is 0 Å². The molecule has 37 heavy (non-hydrogen) atoms. The topological polar surface area (TPSA) is 12.0 Å². The van der Waals surface area contributed by atoms with Crippen LogP contribution >= 0.6 is 0 Å². The molecule has 0 aliphatic heterocycles. The molecule has 0 amide bonds. The van der Waals surface area contributed by atoms with Crippen molar-refractivity contribution >= 4 is 11.4 Å². The highest BCUT2D eigenvalue weighted by atomic mass is 14.9. The van der Waals surface area contributed by atoms with Crippen molar-refractivity contribution in [1.29, 1.82) is 0 Å². The summed E-state index contributed by atoms with van der Waals surface area (Å²) in [7, 11) is 0. The number of benzene rings is 4. The second-order valence-electron chi connectivity index (χ2n) is 12.8. The molecule has 0 fully saturated rings. The predicted molar refractivity (Wildman–Crippen MR) is 159 cm³/mol. The number of rotatable bonds is 4. The summed E-state index contributed by atoms with van der Waals surface area (Å²) in [5, 5.41) is 3.75. The maximum atomic E-state index is 3.75. The Morgan fingerprint density at radius 3 is 1.14 bits per heavy atom. The second-order valence-corrected chi connectivity index (χ2v) is 12.8. The summed E-state index contributed by atoms with van der Waals surface area (Å²) in [6.07, 6.45) is 0. The Kier molecular flexibility index (Phi) is 5.26. The summed E-state index contributed by atoms with van der Waals surface area (Å²) in [6.45, 7) is 18.6. The zero-order valence-corrected chi connectivity index (χ0v) is 23.6. The SMILES string of the molecule is CC(C)c1ccc2c(c1)C(C)(C)c1cc(Nc3ccc4c(c3)C(C)(C)c3cc(C(C)C)ccc3-4)ccc1-2. The van der Waals surface area contributed by atoms with Crippen molar-refractivity contribution < 1.29 is 0 Å². The van der Waals surface area contributed by atoms with Crippen LogP contribution < -0.4 is 5.32 Å². The summed E-state index contributed by atoms with van der Waals surface area (Å²) in [5.74, 6) is 1.07. The van der Waals surface area contributed by atoms with E-state index >= 15 is 0 Å². The van der Waals surface area contributed by atoms with E-state index in [0.717, 1.165) is 11.4 Å². The Morgan fingerprint density at radius 1 is 0.459 bits per heavy atom. The Labute approximate surface area is 223 Å². The van der Waals surface area contributed by atoms with E-state index in [-0.39, 0.29) is 10.8 Å². The van der Waals surface area contributed by atoms with Crippen LogP contribution in [0.1, 0.15) is 101 Å². The van der Waals surface area contributed by atoms with Crippen LogP contribution in [0.5, 0.6) is 0 Å². The van der Waals surface area contributed by atoms with Gasteiger partial charge < -0.3 is 5.32 Å². The molecule has 1 nitrogen and oxygen atoms in total. The molecule has 0 unspecified atom stereocenters. The Morgan fingerprint density at radius 2 is 0.784 bits per heavy atom. The van der Waals surface area contributed by atoms with Crippen molar-refractivity contribution in [3.05, 3.63) is 106 Å². The second kappa shape index (κ2) is 8.09. The van der Waals surface area contributed by atoms with Crippen LogP contribution in [0.3, 0.4) is 0 Å². The first kappa shape index (κ1) is 24.0. The smallest absolute Gasteiger partial charge is 0.0387 e. The van der Waals surface area contributed by atoms with Crippen molar-refractivity contribution in [2.24, 2.45) is 0 Å². The molecule has 0 radical (unpaired) electrons. The summed E-state index contributed by atoms with van der Waals surface area (Å²) >= 11 is 0. The maximum Gasteiger partial charge on any atom is 0.0387 e. The van der Waals surface area contributed by atoms with Gasteiger partial charge in [-0.05, 0) is 91.7 Å². The number of hydrogen-bond acceptors (Lipinski definition) is 1. The highest BCUT2D eigenvalue weighted by Crippen LogP contribution is 2.52. The van der Waals surface area contributed by atoms with E-state index in [4.69, 9.17) is 0 Å². The van der Waals surface area contributed by atoms with Crippen LogP contribution in [0.4, 0.5) is 11.4 Å². The minimum absolute atomic E-state index is 0.0110. The van der Waals surface area contributed by atoms with Gasteiger partial charge in [0.05, 0.1) is 0 Å². The lowest BCUT2D eigenvalue weighted by molar-refractivity contribution is 0.658. The Bertz CT molecular complexity index is 1430. The van der Waals surface area contributed by atoms with Gasteiger partial charge in [0, 0.05) is 22.2 Å². The summed E-state index contributed by atoms with van der Waals surface area (Å²) in [5.41, 5.74) is 16.3. The third-order valence-electron chi connectivity index (χ3n) is 9.02. The molecule has 1 N–H and O–H groups in total. The first-order valence-electron chi connectivity index (χ1n) is 13.8. The van der Waals surface area contributed by atoms with Gasteiger partial charge in [-0.15, -0.1) is 0 Å². The molecular weight excluding hydrogens is 446 g/mol. The molecule has 0 heterocycles. The normalized spacial score (nSPS) is 15.9. The van der Waals surface area contributed by atoms with Crippen LogP contribution in [0.2, 0.25) is 0 Å². The quantitative estimate of drug-likeness (QED) is 0.303. The molecule has 6 rings (SSSR count). The molecule has 188 valence electrons. The number of hydrogen-bond donors (Lipinski definition) is 1. The Balaban J connectivity index is 1.34. The van der Waals surface area contributed by atoms with Crippen molar-refractivity contribution in [3.63, 3.8) is 0 Å². The number of anilines is 2. The average Bonchev–Trinajstić information content (AvgIpc) is 3.22. The van der Waals surface area contributed by atoms with Gasteiger partial charge in [0.25, 0.3) is 0 Å². The number of fused-ring (bicyclic) bond motifs is 6. The predicted octanol–water partition coefficient (Wildman–Crippen LogP) is 10.3. The van der Waals surface area contributed by atoms with Crippen LogP contribution in [0, 0.1) is 0 Å². The molecule has 0 spiro atoms. The zero-order valence-electron chi connectivity index (χ0n) is 23.6. The molecule has 0 saturated carbocycles. The lowest BCUT2D eigenvalue weighted by Gasteiger charge is -2.24. The van der Waals surface area contributed by atoms with E-state index in [1.165, 1.54) is 55.6 Å². The maximum absolute atomic E-state index is 3.75. The number of nitrogens with one attached hydrogen (secondary N) is 1. The van der Waals surface area contributed by atoms with E-state index in [0.29, 0.717) is 11.8 Å². The van der Waals surface area contributed by atoms with Gasteiger partial charge in [0.15, 0.2) is 0 Å². The van der Waals surface area contributed by atoms with Gasteiger partial charge in [0.2, 0.25) is 0 Å². The molecule has 0 saturated heterocycles. The van der Waals surface area contributed by atoms with Gasteiger partial charge in [-0.1, -0.05) is 104 Å². The molecule has 0 aromatic heterocycles. The molecular formula is C36H39N. The fraction of sp³-hybridized carbons (Fsp3) is 0.333. The van der Waals surface area contributed by atoms with E-state index in [9.17, 15) is 0 Å². The largest absolute Gasteiger partial charge is 0.356 e. The van der Waals surface area contributed by atoms with Crippen LogP contribution in [0.15, 0.2) is 72.8 Å². The van der Waals surface area contributed by atoms with Crippen molar-refractivity contribution in [1.82, 2.24) is 0 Å². The minimum atomic E-state index is -0.0110.